The maximum absolute atomic E-state index is 11.4. The van der Waals surface area contributed by atoms with E-state index < -0.39 is 5.60 Å². The fourth-order valence-electron chi connectivity index (χ4n) is 6.28. The van der Waals surface area contributed by atoms with Crippen molar-refractivity contribution in [3.63, 3.8) is 0 Å². The molecule has 4 nitrogen and oxygen atoms in total. The van der Waals surface area contributed by atoms with Gasteiger partial charge in [0.25, 0.3) is 0 Å². The third kappa shape index (κ3) is 3.59. The van der Waals surface area contributed by atoms with Crippen LogP contribution in [-0.4, -0.2) is 20.9 Å². The van der Waals surface area contributed by atoms with Gasteiger partial charge in [-0.25, -0.2) is 0 Å². The van der Waals surface area contributed by atoms with Crippen LogP contribution in [0.5, 0.6) is 0 Å². The molecule has 2 fully saturated rings. The smallest absolute Gasteiger partial charge is 0.210 e. The number of benzene rings is 1. The minimum absolute atomic E-state index is 0.155. The summed E-state index contributed by atoms with van der Waals surface area (Å²) in [5.74, 6) is 0.879. The van der Waals surface area contributed by atoms with Crippen molar-refractivity contribution in [1.29, 1.82) is 0 Å². The topological polar surface area (TPSA) is 58.0 Å². The number of nitrogens with one attached hydrogen (secondary N) is 1. The molecule has 0 unspecified atom stereocenters. The van der Waals surface area contributed by atoms with E-state index in [0.29, 0.717) is 11.3 Å². The molecule has 0 aliphatic heterocycles. The van der Waals surface area contributed by atoms with Gasteiger partial charge in [-0.1, -0.05) is 56.7 Å². The molecule has 4 rings (SSSR count). The first-order chi connectivity index (χ1) is 13.2. The number of nitrogens with zero attached hydrogens (tertiary/aromatic N) is 2. The molecule has 4 atom stereocenters. The molecule has 2 aliphatic rings. The third-order valence-electron chi connectivity index (χ3n) is 7.63. The van der Waals surface area contributed by atoms with Crippen molar-refractivity contribution in [3.8, 4) is 0 Å². The van der Waals surface area contributed by atoms with Crippen molar-refractivity contribution in [2.24, 2.45) is 22.7 Å². The van der Waals surface area contributed by atoms with Crippen LogP contribution in [0.1, 0.15) is 64.8 Å². The highest BCUT2D eigenvalue weighted by Gasteiger charge is 2.57. The predicted octanol–water partition coefficient (Wildman–Crippen LogP) is 5.82. The summed E-state index contributed by atoms with van der Waals surface area (Å²) in [5.41, 5.74) is 0.888. The molecule has 2 N–H and O–H groups in total. The van der Waals surface area contributed by atoms with Crippen molar-refractivity contribution in [3.05, 3.63) is 35.3 Å². The zero-order valence-electron chi connectivity index (χ0n) is 17.5. The highest BCUT2D eigenvalue weighted by molar-refractivity contribution is 7.15. The summed E-state index contributed by atoms with van der Waals surface area (Å²) < 4.78 is 0. The van der Waals surface area contributed by atoms with Gasteiger partial charge in [-0.05, 0) is 67.4 Å². The molecule has 28 heavy (non-hydrogen) atoms. The summed E-state index contributed by atoms with van der Waals surface area (Å²) >= 11 is 1.62. The number of hydrogen-bond acceptors (Lipinski definition) is 5. The normalized spacial score (nSPS) is 34.6. The second kappa shape index (κ2) is 7.10. The van der Waals surface area contributed by atoms with Gasteiger partial charge in [0.15, 0.2) is 0 Å². The number of fused-ring (bicyclic) bond motifs is 1. The minimum Gasteiger partial charge on any atom is -0.390 e. The molecule has 0 radical (unpaired) electrons. The summed E-state index contributed by atoms with van der Waals surface area (Å²) in [5, 5.41) is 25.4. The Hall–Kier alpha value is -1.46. The van der Waals surface area contributed by atoms with Gasteiger partial charge in [-0.15, -0.1) is 10.2 Å². The van der Waals surface area contributed by atoms with E-state index in [9.17, 15) is 5.11 Å². The third-order valence-corrected chi connectivity index (χ3v) is 8.49. The van der Waals surface area contributed by atoms with Gasteiger partial charge >= 0.3 is 0 Å². The Morgan fingerprint density at radius 1 is 1.07 bits per heavy atom. The average molecular weight is 400 g/mol. The van der Waals surface area contributed by atoms with Crippen molar-refractivity contribution in [1.82, 2.24) is 10.2 Å². The van der Waals surface area contributed by atoms with E-state index in [1.165, 1.54) is 19.3 Å². The van der Waals surface area contributed by atoms with Crippen LogP contribution in [0.25, 0.3) is 0 Å². The summed E-state index contributed by atoms with van der Waals surface area (Å²) in [6.07, 6.45) is 6.58. The lowest BCUT2D eigenvalue weighted by Crippen LogP contribution is -2.58. The molecule has 1 aromatic heterocycles. The highest BCUT2D eigenvalue weighted by atomic mass is 32.1. The van der Waals surface area contributed by atoms with Gasteiger partial charge in [0.2, 0.25) is 5.13 Å². The molecule has 5 heteroatoms. The van der Waals surface area contributed by atoms with E-state index in [2.05, 4.69) is 36.3 Å². The monoisotopic (exact) mass is 399 g/mol. The molecule has 2 aliphatic carbocycles. The molecule has 0 saturated heterocycles. The maximum Gasteiger partial charge on any atom is 0.210 e. The largest absolute Gasteiger partial charge is 0.390 e. The molecule has 0 bridgehead atoms. The van der Waals surface area contributed by atoms with Gasteiger partial charge in [0.1, 0.15) is 5.01 Å². The molecule has 2 aromatic rings. The first-order valence-electron chi connectivity index (χ1n) is 10.6. The lowest BCUT2D eigenvalue weighted by atomic mass is 9.45. The van der Waals surface area contributed by atoms with Crippen molar-refractivity contribution >= 4 is 22.2 Å². The Kier molecular flexibility index (Phi) is 5.03. The first-order valence-corrected chi connectivity index (χ1v) is 11.4. The van der Waals surface area contributed by atoms with Crippen LogP contribution < -0.4 is 5.32 Å². The first kappa shape index (κ1) is 19.8. The maximum atomic E-state index is 11.4. The number of anilines is 2. The Balaban J connectivity index is 1.57. The van der Waals surface area contributed by atoms with Crippen LogP contribution in [0.2, 0.25) is 0 Å². The second-order valence-electron chi connectivity index (χ2n) is 10.0. The lowest BCUT2D eigenvalue weighted by molar-refractivity contribution is -0.166. The fraction of sp³-hybridized carbons (Fsp3) is 0.652. The standard InChI is InChI=1S/C23H33N3OS/c1-21(2)12-8-13-22(3)17(21)11-14-23(4,27)18(22)15-19-25-26-20(28-19)24-16-9-6-5-7-10-16/h5-7,9-10,17-18,27H,8,11-15H2,1-4H3,(H,24,26)/t17-,18+,22-,23+/m0/s1. The van der Waals surface area contributed by atoms with E-state index in [4.69, 9.17) is 0 Å². The lowest BCUT2D eigenvalue weighted by Gasteiger charge is -2.61. The van der Waals surface area contributed by atoms with Crippen LogP contribution in [0.3, 0.4) is 0 Å². The highest BCUT2D eigenvalue weighted by Crippen LogP contribution is 2.62. The second-order valence-corrected chi connectivity index (χ2v) is 11.1. The van der Waals surface area contributed by atoms with E-state index in [1.807, 2.05) is 37.3 Å². The van der Waals surface area contributed by atoms with Crippen LogP contribution in [0.4, 0.5) is 10.8 Å². The Morgan fingerprint density at radius 3 is 2.57 bits per heavy atom. The van der Waals surface area contributed by atoms with Crippen molar-refractivity contribution in [2.45, 2.75) is 71.8 Å². The molecule has 1 heterocycles. The molecular formula is C23H33N3OS. The number of para-hydroxylation sites is 1. The van der Waals surface area contributed by atoms with E-state index in [0.717, 1.165) is 35.1 Å². The molecular weight excluding hydrogens is 366 g/mol. The van der Waals surface area contributed by atoms with Crippen LogP contribution in [-0.2, 0) is 6.42 Å². The average Bonchev–Trinajstić information content (AvgIpc) is 3.05. The predicted molar refractivity (Wildman–Crippen MR) is 116 cm³/mol. The van der Waals surface area contributed by atoms with Gasteiger partial charge in [0, 0.05) is 12.1 Å². The summed E-state index contributed by atoms with van der Waals surface area (Å²) in [4.78, 5) is 0. The molecule has 0 amide bonds. The molecule has 2 saturated carbocycles. The number of aromatic nitrogens is 2. The zero-order chi connectivity index (χ0) is 20.0. The Morgan fingerprint density at radius 2 is 1.82 bits per heavy atom. The van der Waals surface area contributed by atoms with E-state index in [-0.39, 0.29) is 11.3 Å². The SMILES string of the molecule is CC1(C)CCC[C@]2(C)[C@@H](Cc3nnc(Nc4ccccc4)s3)[C@](C)(O)CC[C@@H]12. The van der Waals surface area contributed by atoms with Gasteiger partial charge in [-0.2, -0.15) is 0 Å². The summed E-state index contributed by atoms with van der Waals surface area (Å²) in [6, 6.07) is 10.1. The minimum atomic E-state index is -0.642. The number of aliphatic hydroxyl groups is 1. The summed E-state index contributed by atoms with van der Waals surface area (Å²) in [7, 11) is 0. The molecule has 0 spiro atoms. The molecule has 152 valence electrons. The van der Waals surface area contributed by atoms with Gasteiger partial charge in [0.05, 0.1) is 5.60 Å². The zero-order valence-corrected chi connectivity index (χ0v) is 18.4. The van der Waals surface area contributed by atoms with Gasteiger partial charge in [-0.3, -0.25) is 0 Å². The van der Waals surface area contributed by atoms with Gasteiger partial charge < -0.3 is 10.4 Å². The molecule has 1 aromatic carbocycles. The Labute approximate surface area is 172 Å². The summed E-state index contributed by atoms with van der Waals surface area (Å²) in [6.45, 7) is 9.34. The van der Waals surface area contributed by atoms with Crippen LogP contribution >= 0.6 is 11.3 Å². The van der Waals surface area contributed by atoms with Crippen molar-refractivity contribution < 1.29 is 5.11 Å². The fourth-order valence-corrected chi connectivity index (χ4v) is 7.09. The van der Waals surface area contributed by atoms with E-state index >= 15 is 0 Å². The number of rotatable bonds is 4. The van der Waals surface area contributed by atoms with E-state index in [1.54, 1.807) is 11.3 Å². The Bertz CT molecular complexity index is 816. The quantitative estimate of drug-likeness (QED) is 0.680. The van der Waals surface area contributed by atoms with Crippen molar-refractivity contribution in [2.75, 3.05) is 5.32 Å². The van der Waals surface area contributed by atoms with Crippen LogP contribution in [0, 0.1) is 22.7 Å². The number of hydrogen-bond donors (Lipinski definition) is 2. The van der Waals surface area contributed by atoms with Crippen LogP contribution in [0.15, 0.2) is 30.3 Å².